The van der Waals surface area contributed by atoms with Crippen LogP contribution in [-0.4, -0.2) is 46.4 Å². The monoisotopic (exact) mass is 576 g/mol. The maximum absolute atomic E-state index is 11.8. The molecule has 42 heavy (non-hydrogen) atoms. The van der Waals surface area contributed by atoms with Crippen LogP contribution in [0.15, 0.2) is 103 Å². The third kappa shape index (κ3) is 6.94. The van der Waals surface area contributed by atoms with E-state index in [2.05, 4.69) is 10.3 Å². The third-order valence-corrected chi connectivity index (χ3v) is 7.57. The van der Waals surface area contributed by atoms with Gasteiger partial charge >= 0.3 is 11.9 Å². The van der Waals surface area contributed by atoms with Gasteiger partial charge in [-0.1, -0.05) is 84.9 Å². The highest BCUT2D eigenvalue weighted by atomic mass is 32.1. The number of hydrogen-bond acceptors (Lipinski definition) is 8. The second kappa shape index (κ2) is 13.5. The quantitative estimate of drug-likeness (QED) is 0.149. The zero-order chi connectivity index (χ0) is 29.3. The molecule has 0 N–H and O–H groups in total. The van der Waals surface area contributed by atoms with Gasteiger partial charge in [0.1, 0.15) is 6.04 Å². The predicted octanol–water partition coefficient (Wildman–Crippen LogP) is 6.00. The molecule has 5 aromatic rings. The Hall–Kier alpha value is -5.15. The van der Waals surface area contributed by atoms with Crippen LogP contribution in [0.5, 0.6) is 0 Å². The van der Waals surface area contributed by atoms with E-state index < -0.39 is 11.9 Å². The van der Waals surface area contributed by atoms with E-state index in [1.54, 1.807) is 16.9 Å². The van der Waals surface area contributed by atoms with Crippen molar-refractivity contribution in [1.29, 1.82) is 0 Å². The van der Waals surface area contributed by atoms with Crippen molar-refractivity contribution in [3.63, 3.8) is 0 Å². The lowest BCUT2D eigenvalue weighted by molar-refractivity contribution is -0.135. The minimum Gasteiger partial charge on any atom is -0.466 e. The molecule has 0 spiro atoms. The molecule has 0 unspecified atom stereocenters. The lowest BCUT2D eigenvalue weighted by Crippen LogP contribution is -2.15. The van der Waals surface area contributed by atoms with Crippen LogP contribution in [0.1, 0.15) is 38.0 Å². The molecule has 0 bridgehead atoms. The number of esters is 2. The van der Waals surface area contributed by atoms with Gasteiger partial charge in [0.15, 0.2) is 0 Å². The average molecular weight is 577 g/mol. The van der Waals surface area contributed by atoms with Crippen LogP contribution in [-0.2, 0) is 25.5 Å². The van der Waals surface area contributed by atoms with Gasteiger partial charge in [0, 0.05) is 33.9 Å². The largest absolute Gasteiger partial charge is 0.466 e. The van der Waals surface area contributed by atoms with Crippen LogP contribution in [0.25, 0.3) is 23.5 Å². The molecular weight excluding hydrogens is 548 g/mol. The van der Waals surface area contributed by atoms with Crippen molar-refractivity contribution in [3.8, 4) is 11.4 Å². The zero-order valence-corrected chi connectivity index (χ0v) is 23.9. The SMILES string of the molecule is COC(=O)/C=C/c1cccc(Cc2sc(/C=C/C(=O)OC)cc2-c2nnn(C(c3ccccc3)c3ccccc3)n2)c1. The highest BCUT2D eigenvalue weighted by Crippen LogP contribution is 2.33. The van der Waals surface area contributed by atoms with Gasteiger partial charge in [-0.3, -0.25) is 0 Å². The first kappa shape index (κ1) is 28.4. The molecule has 210 valence electrons. The molecular formula is C33H28N4O4S. The number of rotatable bonds is 10. The molecule has 5 rings (SSSR count). The summed E-state index contributed by atoms with van der Waals surface area (Å²) in [5, 5.41) is 13.8. The van der Waals surface area contributed by atoms with Gasteiger partial charge in [-0.05, 0) is 45.7 Å². The number of carbonyl (C=O) groups excluding carboxylic acids is 2. The Morgan fingerprint density at radius 3 is 2.12 bits per heavy atom. The standard InChI is InChI=1S/C33H28N4O4S/c1-40-30(38)18-16-23-10-9-11-24(20-23)21-29-28(22-27(42-29)17-19-31(39)41-2)33-34-36-37(35-33)32(25-12-5-3-6-13-25)26-14-7-4-8-15-26/h3-20,22,32H,21H2,1-2H3/b18-16+,19-17+. The normalized spacial score (nSPS) is 11.4. The third-order valence-electron chi connectivity index (χ3n) is 6.47. The fourth-order valence-electron chi connectivity index (χ4n) is 4.47. The summed E-state index contributed by atoms with van der Waals surface area (Å²) in [7, 11) is 2.69. The number of ether oxygens (including phenoxy) is 2. The Morgan fingerprint density at radius 1 is 0.833 bits per heavy atom. The summed E-state index contributed by atoms with van der Waals surface area (Å²) >= 11 is 1.54. The van der Waals surface area contributed by atoms with E-state index in [0.29, 0.717) is 12.2 Å². The van der Waals surface area contributed by atoms with Crippen molar-refractivity contribution in [1.82, 2.24) is 20.2 Å². The van der Waals surface area contributed by atoms with Crippen LogP contribution in [0.3, 0.4) is 0 Å². The van der Waals surface area contributed by atoms with Gasteiger partial charge in [-0.15, -0.1) is 21.5 Å². The van der Waals surface area contributed by atoms with Crippen LogP contribution in [0, 0.1) is 0 Å². The summed E-state index contributed by atoms with van der Waals surface area (Å²) < 4.78 is 9.47. The first-order valence-electron chi connectivity index (χ1n) is 13.2. The maximum atomic E-state index is 11.8. The molecule has 0 atom stereocenters. The number of aromatic nitrogens is 4. The Kier molecular flexibility index (Phi) is 9.10. The Labute approximate surface area is 247 Å². The van der Waals surface area contributed by atoms with Crippen molar-refractivity contribution in [2.45, 2.75) is 12.5 Å². The molecule has 0 fully saturated rings. The van der Waals surface area contributed by atoms with E-state index in [1.807, 2.05) is 91.0 Å². The topological polar surface area (TPSA) is 96.2 Å². The first-order valence-corrected chi connectivity index (χ1v) is 14.0. The second-order valence-corrected chi connectivity index (χ2v) is 10.4. The van der Waals surface area contributed by atoms with E-state index in [-0.39, 0.29) is 6.04 Å². The van der Waals surface area contributed by atoms with Crippen molar-refractivity contribution in [3.05, 3.63) is 135 Å². The van der Waals surface area contributed by atoms with Gasteiger partial charge in [0.2, 0.25) is 5.82 Å². The van der Waals surface area contributed by atoms with Gasteiger partial charge in [-0.25, -0.2) is 9.59 Å². The number of benzene rings is 3. The van der Waals surface area contributed by atoms with Gasteiger partial charge in [0.25, 0.3) is 0 Å². The lowest BCUT2D eigenvalue weighted by Gasteiger charge is -2.16. The molecule has 0 aliphatic heterocycles. The van der Waals surface area contributed by atoms with E-state index in [4.69, 9.17) is 14.6 Å². The molecule has 0 saturated heterocycles. The molecule has 0 amide bonds. The molecule has 0 aliphatic rings. The average Bonchev–Trinajstić information content (AvgIpc) is 3.67. The van der Waals surface area contributed by atoms with E-state index in [1.165, 1.54) is 37.7 Å². The van der Waals surface area contributed by atoms with E-state index in [9.17, 15) is 9.59 Å². The summed E-state index contributed by atoms with van der Waals surface area (Å²) in [4.78, 5) is 26.8. The molecule has 0 saturated carbocycles. The van der Waals surface area contributed by atoms with Crippen LogP contribution in [0.2, 0.25) is 0 Å². The fraction of sp³-hybridized carbons (Fsp3) is 0.121. The van der Waals surface area contributed by atoms with Crippen molar-refractivity contribution < 1.29 is 19.1 Å². The molecule has 8 nitrogen and oxygen atoms in total. The van der Waals surface area contributed by atoms with Gasteiger partial charge in [-0.2, -0.15) is 4.80 Å². The summed E-state index contributed by atoms with van der Waals surface area (Å²) in [5.74, 6) is -0.367. The van der Waals surface area contributed by atoms with Gasteiger partial charge in [0.05, 0.1) is 14.2 Å². The summed E-state index contributed by atoms with van der Waals surface area (Å²) in [6.45, 7) is 0. The molecule has 2 heterocycles. The van der Waals surface area contributed by atoms with E-state index in [0.717, 1.165) is 37.6 Å². The van der Waals surface area contributed by atoms with Crippen molar-refractivity contribution >= 4 is 35.4 Å². The van der Waals surface area contributed by atoms with Crippen LogP contribution in [0.4, 0.5) is 0 Å². The van der Waals surface area contributed by atoms with Crippen molar-refractivity contribution in [2.24, 2.45) is 0 Å². The summed E-state index contributed by atoms with van der Waals surface area (Å²) in [6, 6.07) is 29.7. The minimum absolute atomic E-state index is 0.257. The highest BCUT2D eigenvalue weighted by molar-refractivity contribution is 7.13. The van der Waals surface area contributed by atoms with Crippen LogP contribution < -0.4 is 0 Å². The lowest BCUT2D eigenvalue weighted by atomic mass is 9.99. The Morgan fingerprint density at radius 2 is 1.48 bits per heavy atom. The van der Waals surface area contributed by atoms with Crippen molar-refractivity contribution in [2.75, 3.05) is 14.2 Å². The molecule has 9 heteroatoms. The predicted molar refractivity (Wildman–Crippen MR) is 163 cm³/mol. The molecule has 3 aromatic carbocycles. The number of carbonyl (C=O) groups is 2. The Balaban J connectivity index is 1.52. The van der Waals surface area contributed by atoms with Gasteiger partial charge < -0.3 is 9.47 Å². The molecule has 2 aromatic heterocycles. The summed E-state index contributed by atoms with van der Waals surface area (Å²) in [5.41, 5.74) is 4.81. The maximum Gasteiger partial charge on any atom is 0.330 e. The number of methoxy groups -OCH3 is 2. The zero-order valence-electron chi connectivity index (χ0n) is 23.1. The second-order valence-electron chi connectivity index (χ2n) is 9.28. The molecule has 0 radical (unpaired) electrons. The van der Waals surface area contributed by atoms with E-state index >= 15 is 0 Å². The number of thiophene rings is 1. The number of tetrazole rings is 1. The smallest absolute Gasteiger partial charge is 0.330 e. The van der Waals surface area contributed by atoms with Crippen LogP contribution >= 0.6 is 11.3 Å². The Bertz CT molecular complexity index is 1690. The first-order chi connectivity index (χ1) is 20.5. The minimum atomic E-state index is -0.436. The summed E-state index contributed by atoms with van der Waals surface area (Å²) in [6.07, 6.45) is 6.81. The number of hydrogen-bond donors (Lipinski definition) is 0. The highest BCUT2D eigenvalue weighted by Gasteiger charge is 2.22. The number of nitrogens with zero attached hydrogens (tertiary/aromatic N) is 4. The molecule has 0 aliphatic carbocycles. The fourth-order valence-corrected chi connectivity index (χ4v) is 5.56.